The normalized spacial score (nSPS) is 32.1. The second-order valence-corrected chi connectivity index (χ2v) is 9.79. The van der Waals surface area contributed by atoms with Crippen molar-refractivity contribution >= 4 is 28.6 Å². The summed E-state index contributed by atoms with van der Waals surface area (Å²) >= 11 is 6.22. The number of benzene rings is 1. The van der Waals surface area contributed by atoms with Crippen molar-refractivity contribution in [3.05, 3.63) is 47.5 Å². The Morgan fingerprint density at radius 3 is 2.81 bits per heavy atom. The highest BCUT2D eigenvalue weighted by Crippen LogP contribution is 2.71. The minimum atomic E-state index is -0.646. The number of aromatic nitrogens is 4. The zero-order valence-corrected chi connectivity index (χ0v) is 19.0. The molecule has 6 rings (SSSR count). The van der Waals surface area contributed by atoms with Crippen molar-refractivity contribution in [2.75, 3.05) is 19.0 Å². The van der Waals surface area contributed by atoms with Gasteiger partial charge in [-0.3, -0.25) is 0 Å². The standard InChI is InChI=1S/C23H26ClN5O3/c1-22(2)31-17-16(29-12-26-15-19(25-3)27-21(24)28-20(15)29)14-9-23(14,18(17)32-22)11-30-10-13-7-5-4-6-8-13/h4-8,12,14,16-18H,9-11H2,1-3H3,(H,25,27,28)/t14-,16-,17+,18+,23+/m1/s1. The fourth-order valence-corrected chi connectivity index (χ4v) is 5.83. The summed E-state index contributed by atoms with van der Waals surface area (Å²) in [4.78, 5) is 13.3. The van der Waals surface area contributed by atoms with Gasteiger partial charge in [-0.15, -0.1) is 0 Å². The van der Waals surface area contributed by atoms with Crippen LogP contribution in [0.15, 0.2) is 36.7 Å². The molecule has 1 aromatic carbocycles. The number of nitrogens with zero attached hydrogens (tertiary/aromatic N) is 4. The van der Waals surface area contributed by atoms with Crippen LogP contribution in [0.5, 0.6) is 0 Å². The molecule has 5 atom stereocenters. The van der Waals surface area contributed by atoms with E-state index in [1.807, 2.05) is 38.4 Å². The number of anilines is 1. The van der Waals surface area contributed by atoms with Crippen molar-refractivity contribution in [3.63, 3.8) is 0 Å². The van der Waals surface area contributed by atoms with Crippen molar-refractivity contribution in [1.29, 1.82) is 0 Å². The Morgan fingerprint density at radius 2 is 2.03 bits per heavy atom. The highest BCUT2D eigenvalue weighted by Gasteiger charge is 2.76. The van der Waals surface area contributed by atoms with Gasteiger partial charge >= 0.3 is 0 Å². The summed E-state index contributed by atoms with van der Waals surface area (Å²) in [6, 6.07) is 10.3. The van der Waals surface area contributed by atoms with Gasteiger partial charge in [0, 0.05) is 12.5 Å². The van der Waals surface area contributed by atoms with Crippen molar-refractivity contribution in [1.82, 2.24) is 19.5 Å². The molecule has 9 heteroatoms. The molecule has 2 aliphatic carbocycles. The van der Waals surface area contributed by atoms with Crippen LogP contribution in [0.4, 0.5) is 5.82 Å². The molecule has 0 spiro atoms. The molecule has 8 nitrogen and oxygen atoms in total. The molecular formula is C23H26ClN5O3. The minimum absolute atomic E-state index is 0.0400. The van der Waals surface area contributed by atoms with Gasteiger partial charge in [0.1, 0.15) is 6.10 Å². The number of nitrogens with one attached hydrogen (secondary N) is 1. The van der Waals surface area contributed by atoms with E-state index < -0.39 is 5.79 Å². The molecule has 1 N–H and O–H groups in total. The minimum Gasteiger partial charge on any atom is -0.376 e. The highest BCUT2D eigenvalue weighted by atomic mass is 35.5. The van der Waals surface area contributed by atoms with Gasteiger partial charge in [-0.05, 0) is 43.4 Å². The van der Waals surface area contributed by atoms with Gasteiger partial charge in [0.2, 0.25) is 5.28 Å². The molecule has 0 radical (unpaired) electrons. The van der Waals surface area contributed by atoms with Crippen molar-refractivity contribution in [3.8, 4) is 0 Å². The Morgan fingerprint density at radius 1 is 1.22 bits per heavy atom. The average molecular weight is 456 g/mol. The van der Waals surface area contributed by atoms with Crippen molar-refractivity contribution in [2.24, 2.45) is 11.3 Å². The fourth-order valence-electron chi connectivity index (χ4n) is 5.67. The predicted molar refractivity (Wildman–Crippen MR) is 119 cm³/mol. The van der Waals surface area contributed by atoms with Gasteiger partial charge in [-0.2, -0.15) is 9.97 Å². The first-order valence-electron chi connectivity index (χ1n) is 11.0. The summed E-state index contributed by atoms with van der Waals surface area (Å²) in [5, 5.41) is 3.25. The van der Waals surface area contributed by atoms with Gasteiger partial charge in [-0.1, -0.05) is 30.3 Å². The first kappa shape index (κ1) is 20.4. The second kappa shape index (κ2) is 7.12. The van der Waals surface area contributed by atoms with Crippen LogP contribution in [0.3, 0.4) is 0 Å². The number of fused-ring (bicyclic) bond motifs is 4. The molecule has 1 saturated heterocycles. The molecule has 0 amide bonds. The molecule has 3 aromatic rings. The topological polar surface area (TPSA) is 83.3 Å². The van der Waals surface area contributed by atoms with E-state index in [2.05, 4.69) is 37.0 Å². The van der Waals surface area contributed by atoms with Gasteiger partial charge in [-0.25, -0.2) is 4.98 Å². The van der Waals surface area contributed by atoms with E-state index in [-0.39, 0.29) is 28.9 Å². The average Bonchev–Trinajstić information content (AvgIpc) is 3.03. The first-order chi connectivity index (χ1) is 15.4. The molecule has 2 aromatic heterocycles. The number of halogens is 1. The van der Waals surface area contributed by atoms with Crippen LogP contribution in [0.2, 0.25) is 5.28 Å². The number of hydrogen-bond acceptors (Lipinski definition) is 7. The molecule has 32 heavy (non-hydrogen) atoms. The van der Waals surface area contributed by atoms with Crippen LogP contribution in [-0.4, -0.2) is 51.2 Å². The van der Waals surface area contributed by atoms with E-state index in [9.17, 15) is 0 Å². The number of imidazole rings is 1. The summed E-state index contributed by atoms with van der Waals surface area (Å²) in [5.74, 6) is 0.325. The summed E-state index contributed by atoms with van der Waals surface area (Å²) in [6.07, 6.45) is 2.70. The zero-order chi connectivity index (χ0) is 22.1. The van der Waals surface area contributed by atoms with E-state index >= 15 is 0 Å². The van der Waals surface area contributed by atoms with Crippen LogP contribution in [-0.2, 0) is 20.8 Å². The van der Waals surface area contributed by atoms with Crippen LogP contribution in [0.1, 0.15) is 31.9 Å². The largest absolute Gasteiger partial charge is 0.376 e. The Kier molecular flexibility index (Phi) is 4.53. The van der Waals surface area contributed by atoms with E-state index in [1.165, 1.54) is 5.56 Å². The van der Waals surface area contributed by atoms with E-state index in [0.29, 0.717) is 36.1 Å². The number of hydrogen-bond donors (Lipinski definition) is 1. The molecule has 2 saturated carbocycles. The maximum atomic E-state index is 6.43. The van der Waals surface area contributed by atoms with Crippen LogP contribution < -0.4 is 5.32 Å². The fraction of sp³-hybridized carbons (Fsp3) is 0.522. The third-order valence-corrected chi connectivity index (χ3v) is 7.23. The lowest BCUT2D eigenvalue weighted by Crippen LogP contribution is -2.33. The summed E-state index contributed by atoms with van der Waals surface area (Å²) < 4.78 is 21.2. The van der Waals surface area contributed by atoms with E-state index in [4.69, 9.17) is 25.8 Å². The smallest absolute Gasteiger partial charge is 0.226 e. The van der Waals surface area contributed by atoms with E-state index in [0.717, 1.165) is 6.42 Å². The maximum absolute atomic E-state index is 6.43. The SMILES string of the molecule is CNc1nc(Cl)nc2c1ncn2[C@H]1[C@@H]2OC(C)(C)O[C@@H]2[C@]2(COCc3ccccc3)C[C@H]12. The molecular weight excluding hydrogens is 430 g/mol. The third-order valence-electron chi connectivity index (χ3n) is 7.06. The van der Waals surface area contributed by atoms with E-state index in [1.54, 1.807) is 7.05 Å². The Hall–Kier alpha value is -2.26. The summed E-state index contributed by atoms with van der Waals surface area (Å²) in [7, 11) is 1.80. The summed E-state index contributed by atoms with van der Waals surface area (Å²) in [6.45, 7) is 5.17. The first-order valence-corrected chi connectivity index (χ1v) is 11.3. The van der Waals surface area contributed by atoms with Gasteiger partial charge in [0.05, 0.1) is 31.7 Å². The second-order valence-electron chi connectivity index (χ2n) is 9.45. The lowest BCUT2D eigenvalue weighted by molar-refractivity contribution is -0.164. The quantitative estimate of drug-likeness (QED) is 0.565. The monoisotopic (exact) mass is 455 g/mol. The third kappa shape index (κ3) is 3.04. The number of ether oxygens (including phenoxy) is 3. The van der Waals surface area contributed by atoms with Gasteiger partial charge < -0.3 is 24.1 Å². The highest BCUT2D eigenvalue weighted by molar-refractivity contribution is 6.28. The van der Waals surface area contributed by atoms with Crippen molar-refractivity contribution in [2.45, 2.75) is 50.9 Å². The Bertz CT molecular complexity index is 1170. The maximum Gasteiger partial charge on any atom is 0.226 e. The van der Waals surface area contributed by atoms with Crippen molar-refractivity contribution < 1.29 is 14.2 Å². The van der Waals surface area contributed by atoms with Crippen LogP contribution >= 0.6 is 11.6 Å². The molecule has 1 aliphatic heterocycles. The Labute approximate surface area is 191 Å². The summed E-state index contributed by atoms with van der Waals surface area (Å²) in [5.41, 5.74) is 2.50. The van der Waals surface area contributed by atoms with Gasteiger partial charge in [0.25, 0.3) is 0 Å². The molecule has 0 unspecified atom stereocenters. The van der Waals surface area contributed by atoms with Crippen LogP contribution in [0, 0.1) is 11.3 Å². The van der Waals surface area contributed by atoms with Gasteiger partial charge in [0.15, 0.2) is 22.8 Å². The Balaban J connectivity index is 1.32. The molecule has 3 fully saturated rings. The zero-order valence-electron chi connectivity index (χ0n) is 18.3. The molecule has 168 valence electrons. The molecule has 3 heterocycles. The van der Waals surface area contributed by atoms with Crippen LogP contribution in [0.25, 0.3) is 11.2 Å². The number of rotatable bonds is 6. The molecule has 3 aliphatic rings. The predicted octanol–water partition coefficient (Wildman–Crippen LogP) is 3.82. The lowest BCUT2D eigenvalue weighted by atomic mass is 10.0. The lowest BCUT2D eigenvalue weighted by Gasteiger charge is -2.24. The molecule has 0 bridgehead atoms.